The van der Waals surface area contributed by atoms with Gasteiger partial charge in [0.25, 0.3) is 5.91 Å². The molecule has 0 spiro atoms. The number of likely N-dealkylation sites (tertiary alicyclic amines) is 1. The molecule has 3 amide bonds. The number of carbonyl (C=O) groups is 4. The minimum atomic E-state index is -0.820. The molecule has 1 N–H and O–H groups in total. The number of hydrogen-bond donors (Lipinski definition) is 1. The van der Waals surface area contributed by atoms with Crippen LogP contribution >= 0.6 is 0 Å². The van der Waals surface area contributed by atoms with Gasteiger partial charge in [0.2, 0.25) is 11.8 Å². The first-order chi connectivity index (χ1) is 19.9. The number of nitrogens with zero attached hydrogens (tertiary/aromatic N) is 2. The Morgan fingerprint density at radius 2 is 1.69 bits per heavy atom. The summed E-state index contributed by atoms with van der Waals surface area (Å²) in [6.07, 6.45) is 2.44. The lowest BCUT2D eigenvalue weighted by Gasteiger charge is -2.31. The number of nitrogens with one attached hydrogen (secondary N) is 1. The van der Waals surface area contributed by atoms with Crippen LogP contribution in [0.25, 0.3) is 0 Å². The zero-order chi connectivity index (χ0) is 30.9. The van der Waals surface area contributed by atoms with Gasteiger partial charge in [-0.15, -0.1) is 0 Å². The van der Waals surface area contributed by atoms with Crippen LogP contribution in [0.15, 0.2) is 54.6 Å². The van der Waals surface area contributed by atoms with Crippen LogP contribution in [-0.4, -0.2) is 77.9 Å². The molecule has 0 radical (unpaired) electrons. The van der Waals surface area contributed by atoms with Gasteiger partial charge in [0.05, 0.1) is 5.56 Å². The molecule has 1 fully saturated rings. The van der Waals surface area contributed by atoms with E-state index in [9.17, 15) is 19.2 Å². The van der Waals surface area contributed by atoms with Crippen LogP contribution in [0.1, 0.15) is 69.8 Å². The zero-order valence-electron chi connectivity index (χ0n) is 25.7. The average Bonchev–Trinajstić information content (AvgIpc) is 3.43. The number of carbonyl (C=O) groups excluding carboxylic acids is 4. The molecular formula is C33H45N3O6. The van der Waals surface area contributed by atoms with E-state index in [1.165, 1.54) is 0 Å². The molecule has 2 aromatic rings. The molecule has 0 aromatic heterocycles. The second kappa shape index (κ2) is 14.8. The normalized spacial score (nSPS) is 15.7. The zero-order valence-corrected chi connectivity index (χ0v) is 25.7. The first-order valence-corrected chi connectivity index (χ1v) is 14.7. The second-order valence-electron chi connectivity index (χ2n) is 12.2. The largest absolute Gasteiger partial charge is 0.481 e. The quantitative estimate of drug-likeness (QED) is 0.377. The van der Waals surface area contributed by atoms with Crippen LogP contribution in [0, 0.1) is 5.92 Å². The molecule has 1 aliphatic rings. The number of para-hydroxylation sites is 1. The van der Waals surface area contributed by atoms with Crippen molar-refractivity contribution >= 4 is 23.7 Å². The topological polar surface area (TPSA) is 105 Å². The van der Waals surface area contributed by atoms with E-state index in [-0.39, 0.29) is 35.7 Å². The third-order valence-electron chi connectivity index (χ3n) is 6.98. The highest BCUT2D eigenvalue weighted by molar-refractivity contribution is 6.00. The van der Waals surface area contributed by atoms with Gasteiger partial charge in [-0.05, 0) is 70.1 Å². The first-order valence-electron chi connectivity index (χ1n) is 14.7. The lowest BCUT2D eigenvalue weighted by atomic mass is 10.0. The Kier molecular flexibility index (Phi) is 11.5. The maximum atomic E-state index is 13.8. The lowest BCUT2D eigenvalue weighted by molar-refractivity contribution is -0.157. The second-order valence-corrected chi connectivity index (χ2v) is 12.2. The van der Waals surface area contributed by atoms with Crippen molar-refractivity contribution in [3.63, 3.8) is 0 Å². The molecule has 0 aliphatic carbocycles. The summed E-state index contributed by atoms with van der Waals surface area (Å²) in [4.78, 5) is 56.2. The highest BCUT2D eigenvalue weighted by Gasteiger charge is 2.39. The van der Waals surface area contributed by atoms with Crippen LogP contribution in [-0.2, 0) is 25.5 Å². The maximum absolute atomic E-state index is 13.8. The van der Waals surface area contributed by atoms with Crippen LogP contribution in [0.5, 0.6) is 5.75 Å². The van der Waals surface area contributed by atoms with Crippen LogP contribution in [0.3, 0.4) is 0 Å². The van der Waals surface area contributed by atoms with Crippen molar-refractivity contribution in [1.29, 1.82) is 0 Å². The molecule has 2 atom stereocenters. The number of likely N-dealkylation sites (N-methyl/N-ethyl adjacent to an activating group) is 1. The molecule has 1 heterocycles. The predicted molar refractivity (Wildman–Crippen MR) is 161 cm³/mol. The fourth-order valence-corrected chi connectivity index (χ4v) is 5.01. The third-order valence-corrected chi connectivity index (χ3v) is 6.98. The summed E-state index contributed by atoms with van der Waals surface area (Å²) in [7, 11) is 1.77. The minimum Gasteiger partial charge on any atom is -0.481 e. The van der Waals surface area contributed by atoms with Crippen molar-refractivity contribution in [2.24, 2.45) is 5.92 Å². The summed E-state index contributed by atoms with van der Waals surface area (Å²) in [5, 5.41) is 2.89. The number of esters is 1. The minimum absolute atomic E-state index is 0.0905. The summed E-state index contributed by atoms with van der Waals surface area (Å²) in [6.45, 7) is 9.90. The molecule has 42 heavy (non-hydrogen) atoms. The predicted octanol–water partition coefficient (Wildman–Crippen LogP) is 4.24. The smallest absolute Gasteiger partial charge is 0.344 e. The highest BCUT2D eigenvalue weighted by Crippen LogP contribution is 2.23. The molecule has 1 saturated heterocycles. The van der Waals surface area contributed by atoms with Crippen molar-refractivity contribution in [1.82, 2.24) is 15.1 Å². The van der Waals surface area contributed by atoms with Gasteiger partial charge in [0.1, 0.15) is 23.4 Å². The molecule has 9 nitrogen and oxygen atoms in total. The van der Waals surface area contributed by atoms with E-state index in [4.69, 9.17) is 9.47 Å². The molecule has 0 bridgehead atoms. The first kappa shape index (κ1) is 32.6. The van der Waals surface area contributed by atoms with Gasteiger partial charge in [-0.2, -0.15) is 0 Å². The number of benzene rings is 2. The SMILES string of the molecule is CC(C)C[C@@H](NC(=O)c1ccccc1OCC(=O)OC(C)(C)C)C(=O)N1CCC[C@@H]1C(=O)N(C)CCc1ccccc1. The molecule has 0 unspecified atom stereocenters. The van der Waals surface area contributed by atoms with Gasteiger partial charge in [0, 0.05) is 20.1 Å². The van der Waals surface area contributed by atoms with Crippen molar-refractivity contribution < 1.29 is 28.7 Å². The van der Waals surface area contributed by atoms with E-state index in [1.807, 2.05) is 44.2 Å². The summed E-state index contributed by atoms with van der Waals surface area (Å²) in [5.74, 6) is -1.07. The Hall–Kier alpha value is -3.88. The van der Waals surface area contributed by atoms with Crippen LogP contribution < -0.4 is 10.1 Å². The lowest BCUT2D eigenvalue weighted by Crippen LogP contribution is -2.54. The van der Waals surface area contributed by atoms with Crippen LogP contribution in [0.2, 0.25) is 0 Å². The Morgan fingerprint density at radius 3 is 2.36 bits per heavy atom. The summed E-state index contributed by atoms with van der Waals surface area (Å²) in [5.41, 5.74) is 0.691. The highest BCUT2D eigenvalue weighted by atomic mass is 16.6. The van der Waals surface area contributed by atoms with Gasteiger partial charge < -0.3 is 24.6 Å². The Morgan fingerprint density at radius 1 is 1.02 bits per heavy atom. The van der Waals surface area contributed by atoms with E-state index < -0.39 is 29.6 Å². The monoisotopic (exact) mass is 579 g/mol. The van der Waals surface area contributed by atoms with Crippen molar-refractivity contribution in [3.05, 3.63) is 65.7 Å². The molecule has 9 heteroatoms. The van der Waals surface area contributed by atoms with E-state index in [1.54, 1.807) is 61.9 Å². The van der Waals surface area contributed by atoms with E-state index in [0.717, 1.165) is 18.4 Å². The Balaban J connectivity index is 1.69. The van der Waals surface area contributed by atoms with Gasteiger partial charge >= 0.3 is 5.97 Å². The standard InChI is InChI=1S/C33H45N3O6/c1-23(2)21-26(34-30(38)25-15-10-11-17-28(25)41-22-29(37)42-33(3,4)5)31(39)36-19-12-16-27(36)32(40)35(6)20-18-24-13-8-7-9-14-24/h7-11,13-15,17,23,26-27H,12,16,18-22H2,1-6H3,(H,34,38)/t26-,27-/m1/s1. The molecule has 0 saturated carbocycles. The maximum Gasteiger partial charge on any atom is 0.344 e. The average molecular weight is 580 g/mol. The van der Waals surface area contributed by atoms with Crippen molar-refractivity contribution in [3.8, 4) is 5.75 Å². The Labute approximate surface area is 249 Å². The van der Waals surface area contributed by atoms with Gasteiger partial charge in [-0.3, -0.25) is 14.4 Å². The third kappa shape index (κ3) is 9.60. The van der Waals surface area contributed by atoms with Gasteiger partial charge in [-0.1, -0.05) is 56.3 Å². The molecule has 228 valence electrons. The number of amides is 3. The number of hydrogen-bond acceptors (Lipinski definition) is 6. The fourth-order valence-electron chi connectivity index (χ4n) is 5.01. The summed E-state index contributed by atoms with van der Waals surface area (Å²) in [6, 6.07) is 15.2. The van der Waals surface area contributed by atoms with E-state index in [2.05, 4.69) is 5.32 Å². The molecular weight excluding hydrogens is 534 g/mol. The van der Waals surface area contributed by atoms with Gasteiger partial charge in [0.15, 0.2) is 6.61 Å². The van der Waals surface area contributed by atoms with Crippen LogP contribution in [0.4, 0.5) is 0 Å². The summed E-state index contributed by atoms with van der Waals surface area (Å²) < 4.78 is 10.9. The molecule has 1 aliphatic heterocycles. The fraction of sp³-hybridized carbons (Fsp3) is 0.515. The van der Waals surface area contributed by atoms with Crippen molar-refractivity contribution in [2.75, 3.05) is 26.7 Å². The molecule has 3 rings (SSSR count). The Bertz CT molecular complexity index is 1220. The molecule has 2 aromatic carbocycles. The van der Waals surface area contributed by atoms with E-state index >= 15 is 0 Å². The van der Waals surface area contributed by atoms with E-state index in [0.29, 0.717) is 25.9 Å². The number of ether oxygens (including phenoxy) is 2. The summed E-state index contributed by atoms with van der Waals surface area (Å²) >= 11 is 0. The van der Waals surface area contributed by atoms with Crippen molar-refractivity contribution in [2.45, 2.75) is 78.0 Å². The van der Waals surface area contributed by atoms with Gasteiger partial charge in [-0.25, -0.2) is 4.79 Å². The number of rotatable bonds is 12.